The molecule has 4 rings (SSSR count). The first kappa shape index (κ1) is 30.5. The average Bonchev–Trinajstić information content (AvgIpc) is 3.26. The normalized spacial score (nSPS) is 14.6. The van der Waals surface area contributed by atoms with E-state index in [4.69, 9.17) is 25.8 Å². The number of nitrogens with zero attached hydrogens (tertiary/aromatic N) is 3. The van der Waals surface area contributed by atoms with Crippen LogP contribution in [0.4, 0.5) is 5.69 Å². The van der Waals surface area contributed by atoms with Crippen LogP contribution in [0.5, 0.6) is 11.5 Å². The van der Waals surface area contributed by atoms with Crippen LogP contribution < -0.4 is 24.4 Å². The van der Waals surface area contributed by atoms with Crippen LogP contribution in [0.1, 0.15) is 37.9 Å². The molecule has 0 N–H and O–H groups in total. The molecule has 0 fully saturated rings. The average molecular weight is 616 g/mol. The Labute approximate surface area is 248 Å². The fraction of sp³-hybridized carbons (Fsp3) is 0.286. The Morgan fingerprint density at radius 2 is 1.90 bits per heavy atom. The highest BCUT2D eigenvalue weighted by Gasteiger charge is 2.34. The van der Waals surface area contributed by atoms with E-state index in [1.807, 2.05) is 0 Å². The molecule has 1 aromatic heterocycles. The molecule has 3 aromatic rings. The van der Waals surface area contributed by atoms with Crippen molar-refractivity contribution in [2.45, 2.75) is 26.8 Å². The lowest BCUT2D eigenvalue weighted by Gasteiger charge is -2.25. The molecule has 2 heterocycles. The van der Waals surface area contributed by atoms with E-state index in [0.29, 0.717) is 16.1 Å². The number of carbonyl (C=O) groups is 2. The molecule has 12 nitrogen and oxygen atoms in total. The van der Waals surface area contributed by atoms with Crippen molar-refractivity contribution in [3.8, 4) is 11.5 Å². The summed E-state index contributed by atoms with van der Waals surface area (Å²) in [7, 11) is 1.24. The summed E-state index contributed by atoms with van der Waals surface area (Å²) >= 11 is 7.33. The van der Waals surface area contributed by atoms with Gasteiger partial charge < -0.3 is 18.9 Å². The quantitative estimate of drug-likeness (QED) is 0.190. The first-order valence-electron chi connectivity index (χ1n) is 12.7. The van der Waals surface area contributed by atoms with E-state index in [2.05, 4.69) is 9.73 Å². The van der Waals surface area contributed by atoms with E-state index >= 15 is 0 Å². The fourth-order valence-electron chi connectivity index (χ4n) is 4.28. The highest BCUT2D eigenvalue weighted by molar-refractivity contribution is 7.07. The summed E-state index contributed by atoms with van der Waals surface area (Å²) in [5.74, 6) is -0.691. The van der Waals surface area contributed by atoms with Crippen LogP contribution in [0.2, 0.25) is 5.02 Å². The summed E-state index contributed by atoms with van der Waals surface area (Å²) in [6.07, 6.45) is 1.45. The number of benzene rings is 2. The van der Waals surface area contributed by atoms with Gasteiger partial charge in [-0.15, -0.1) is 0 Å². The Kier molecular flexibility index (Phi) is 9.43. The van der Waals surface area contributed by atoms with Crippen molar-refractivity contribution < 1.29 is 33.5 Å². The van der Waals surface area contributed by atoms with Crippen molar-refractivity contribution >= 4 is 46.6 Å². The summed E-state index contributed by atoms with van der Waals surface area (Å²) in [6, 6.07) is 7.80. The molecule has 1 aliphatic heterocycles. The van der Waals surface area contributed by atoms with Gasteiger partial charge in [0.1, 0.15) is 0 Å². The highest BCUT2D eigenvalue weighted by atomic mass is 35.5. The molecule has 0 spiro atoms. The van der Waals surface area contributed by atoms with Gasteiger partial charge in [0.15, 0.2) is 22.9 Å². The smallest absolute Gasteiger partial charge is 0.343 e. The van der Waals surface area contributed by atoms with Crippen molar-refractivity contribution in [2.75, 3.05) is 26.9 Å². The van der Waals surface area contributed by atoms with Gasteiger partial charge in [0, 0.05) is 22.7 Å². The standard InChI is InChI=1S/C28H26ClN3O9S/c1-5-39-21-12-16(7-10-20(21)41-14-23(33)38-4)25-24(27(35)40-6-2)15(3)30-28-31(25)26(34)22(42-28)13-17-11-18(32(36)37)8-9-19(17)29/h7-13,25H,5-6,14H2,1-4H3/b22-13-/t25-/m1/s1. The maximum atomic E-state index is 13.9. The summed E-state index contributed by atoms with van der Waals surface area (Å²) in [6.45, 7) is 5.10. The zero-order chi connectivity index (χ0) is 30.6. The molecule has 0 amide bonds. The van der Waals surface area contributed by atoms with E-state index in [-0.39, 0.29) is 57.7 Å². The second-order valence-corrected chi connectivity index (χ2v) is 10.2. The van der Waals surface area contributed by atoms with Crippen LogP contribution in [0.25, 0.3) is 6.08 Å². The lowest BCUT2D eigenvalue weighted by molar-refractivity contribution is -0.384. The monoisotopic (exact) mass is 615 g/mol. The summed E-state index contributed by atoms with van der Waals surface area (Å²) in [5, 5.41) is 11.5. The molecular formula is C28H26ClN3O9S. The van der Waals surface area contributed by atoms with Crippen molar-refractivity contribution in [2.24, 2.45) is 4.99 Å². The molecule has 0 unspecified atom stereocenters. The second-order valence-electron chi connectivity index (χ2n) is 8.77. The number of ether oxygens (including phenoxy) is 4. The topological polar surface area (TPSA) is 149 Å². The first-order chi connectivity index (χ1) is 20.1. The number of carbonyl (C=O) groups excluding carboxylic acids is 2. The fourth-order valence-corrected chi connectivity index (χ4v) is 5.49. The van der Waals surface area contributed by atoms with E-state index in [1.54, 1.807) is 39.0 Å². The number of aromatic nitrogens is 1. The number of nitro groups is 1. The van der Waals surface area contributed by atoms with Gasteiger partial charge in [-0.1, -0.05) is 29.0 Å². The summed E-state index contributed by atoms with van der Waals surface area (Å²) < 4.78 is 22.8. The zero-order valence-corrected chi connectivity index (χ0v) is 24.6. The van der Waals surface area contributed by atoms with Crippen LogP contribution in [0.3, 0.4) is 0 Å². The molecule has 0 aliphatic carbocycles. The number of nitro benzene ring substituents is 1. The molecule has 1 atom stereocenters. The Morgan fingerprint density at radius 1 is 1.14 bits per heavy atom. The SMILES string of the molecule is CCOC(=O)C1=C(C)N=c2s/c(=C\c3cc([N+](=O)[O-])ccc3Cl)c(=O)n2[C@@H]1c1ccc(OCC(=O)OC)c(OCC)c1. The predicted molar refractivity (Wildman–Crippen MR) is 154 cm³/mol. The molecular weight excluding hydrogens is 590 g/mol. The van der Waals surface area contributed by atoms with Crippen LogP contribution in [-0.2, 0) is 19.1 Å². The van der Waals surface area contributed by atoms with Gasteiger partial charge >= 0.3 is 11.9 Å². The van der Waals surface area contributed by atoms with Gasteiger partial charge in [-0.2, -0.15) is 0 Å². The van der Waals surface area contributed by atoms with Gasteiger partial charge in [0.25, 0.3) is 11.2 Å². The van der Waals surface area contributed by atoms with Gasteiger partial charge in [-0.05, 0) is 50.6 Å². The number of halogens is 1. The second kappa shape index (κ2) is 13.0. The van der Waals surface area contributed by atoms with Crippen molar-refractivity contribution in [3.63, 3.8) is 0 Å². The van der Waals surface area contributed by atoms with Crippen LogP contribution in [-0.4, -0.2) is 48.4 Å². The number of fused-ring (bicyclic) bond motifs is 1. The number of esters is 2. The molecule has 2 aromatic carbocycles. The molecule has 220 valence electrons. The number of methoxy groups -OCH3 is 1. The van der Waals surface area contributed by atoms with E-state index in [1.165, 1.54) is 36.0 Å². The van der Waals surface area contributed by atoms with Gasteiger partial charge in [0.05, 0.1) is 47.1 Å². The Hall–Kier alpha value is -4.49. The molecule has 1 aliphatic rings. The minimum absolute atomic E-state index is 0.0997. The van der Waals surface area contributed by atoms with Gasteiger partial charge in [-0.25, -0.2) is 14.6 Å². The maximum Gasteiger partial charge on any atom is 0.343 e. The molecule has 42 heavy (non-hydrogen) atoms. The third-order valence-corrected chi connectivity index (χ3v) is 7.48. The number of thiazole rings is 1. The van der Waals surface area contributed by atoms with E-state index in [0.717, 1.165) is 11.3 Å². The number of hydrogen-bond acceptors (Lipinski definition) is 11. The Balaban J connectivity index is 1.92. The molecule has 0 bridgehead atoms. The van der Waals surface area contributed by atoms with Crippen LogP contribution >= 0.6 is 22.9 Å². The number of rotatable bonds is 10. The number of hydrogen-bond donors (Lipinski definition) is 0. The lowest BCUT2D eigenvalue weighted by atomic mass is 9.95. The number of non-ortho nitro benzene ring substituents is 1. The predicted octanol–water partition coefficient (Wildman–Crippen LogP) is 3.31. The Morgan fingerprint density at radius 3 is 2.57 bits per heavy atom. The third kappa shape index (κ3) is 6.21. The lowest BCUT2D eigenvalue weighted by Crippen LogP contribution is -2.40. The van der Waals surface area contributed by atoms with Crippen molar-refractivity contribution in [1.29, 1.82) is 0 Å². The molecule has 14 heteroatoms. The van der Waals surface area contributed by atoms with Crippen molar-refractivity contribution in [1.82, 2.24) is 4.57 Å². The minimum atomic E-state index is -0.961. The largest absolute Gasteiger partial charge is 0.490 e. The van der Waals surface area contributed by atoms with Crippen molar-refractivity contribution in [3.05, 3.63) is 93.6 Å². The van der Waals surface area contributed by atoms with Crippen LogP contribution in [0, 0.1) is 10.1 Å². The third-order valence-electron chi connectivity index (χ3n) is 6.15. The molecule has 0 saturated heterocycles. The van der Waals surface area contributed by atoms with Gasteiger partial charge in [0.2, 0.25) is 0 Å². The van der Waals surface area contributed by atoms with E-state index < -0.39 is 28.5 Å². The Bertz CT molecular complexity index is 1780. The molecule has 0 radical (unpaired) electrons. The first-order valence-corrected chi connectivity index (χ1v) is 13.9. The highest BCUT2D eigenvalue weighted by Crippen LogP contribution is 2.36. The number of allylic oxidation sites excluding steroid dienone is 1. The van der Waals surface area contributed by atoms with Gasteiger partial charge in [-0.3, -0.25) is 19.5 Å². The molecule has 0 saturated carbocycles. The summed E-state index contributed by atoms with van der Waals surface area (Å²) in [4.78, 5) is 54.3. The zero-order valence-electron chi connectivity index (χ0n) is 23.0. The maximum absolute atomic E-state index is 13.9. The van der Waals surface area contributed by atoms with Crippen LogP contribution in [0.15, 0.2) is 57.5 Å². The van der Waals surface area contributed by atoms with E-state index in [9.17, 15) is 24.5 Å². The summed E-state index contributed by atoms with van der Waals surface area (Å²) in [5.41, 5.74) is 0.583. The minimum Gasteiger partial charge on any atom is -0.490 e.